The molecule has 0 radical (unpaired) electrons. The zero-order valence-electron chi connectivity index (χ0n) is 11.7. The van der Waals surface area contributed by atoms with Crippen LogP contribution in [-0.2, 0) is 11.3 Å². The molecule has 0 saturated heterocycles. The maximum Gasteiger partial charge on any atom is 0.252 e. The lowest BCUT2D eigenvalue weighted by Crippen LogP contribution is -2.28. The molecular formula is C16H16N2O2S. The Bertz CT molecular complexity index is 693. The Balaban J connectivity index is 1.61. The lowest BCUT2D eigenvalue weighted by molar-refractivity contribution is -0.121. The standard InChI is InChI=1S/C16H16N2O2S/c1-10-6-7-21-14(10)9-17-15(19)8-13-11-4-2-3-5-12(11)16(20)18-13/h2-7,13H,8-9H2,1H3,(H,17,19)(H,18,20). The molecule has 2 aromatic rings. The Hall–Kier alpha value is -2.14. The average Bonchev–Trinajstić information content (AvgIpc) is 3.02. The fourth-order valence-corrected chi connectivity index (χ4v) is 3.35. The van der Waals surface area contributed by atoms with E-state index in [1.165, 1.54) is 10.4 Å². The van der Waals surface area contributed by atoms with E-state index in [1.54, 1.807) is 17.4 Å². The van der Waals surface area contributed by atoms with Gasteiger partial charge in [-0.15, -0.1) is 11.3 Å². The van der Waals surface area contributed by atoms with Gasteiger partial charge in [0.2, 0.25) is 5.91 Å². The largest absolute Gasteiger partial charge is 0.351 e. The van der Waals surface area contributed by atoms with E-state index in [-0.39, 0.29) is 24.3 Å². The Morgan fingerprint density at radius 1 is 1.33 bits per heavy atom. The van der Waals surface area contributed by atoms with E-state index in [4.69, 9.17) is 0 Å². The number of nitrogens with one attached hydrogen (secondary N) is 2. The maximum atomic E-state index is 12.1. The van der Waals surface area contributed by atoms with Crippen LogP contribution >= 0.6 is 11.3 Å². The van der Waals surface area contributed by atoms with Gasteiger partial charge < -0.3 is 10.6 Å². The zero-order chi connectivity index (χ0) is 14.8. The Kier molecular flexibility index (Phi) is 3.75. The average molecular weight is 300 g/mol. The van der Waals surface area contributed by atoms with Crippen LogP contribution in [0.4, 0.5) is 0 Å². The molecule has 1 atom stereocenters. The second-order valence-electron chi connectivity index (χ2n) is 5.12. The zero-order valence-corrected chi connectivity index (χ0v) is 12.5. The molecule has 2 amide bonds. The quantitative estimate of drug-likeness (QED) is 0.911. The number of hydrogen-bond donors (Lipinski definition) is 2. The van der Waals surface area contributed by atoms with Crippen molar-refractivity contribution in [2.45, 2.75) is 25.9 Å². The van der Waals surface area contributed by atoms with Gasteiger partial charge in [-0.3, -0.25) is 9.59 Å². The Labute approximate surface area is 127 Å². The SMILES string of the molecule is Cc1ccsc1CNC(=O)CC1NC(=O)c2ccccc21. The highest BCUT2D eigenvalue weighted by Crippen LogP contribution is 2.27. The summed E-state index contributed by atoms with van der Waals surface area (Å²) in [5.74, 6) is -0.151. The third-order valence-corrected chi connectivity index (χ3v) is 4.71. The van der Waals surface area contributed by atoms with E-state index in [0.717, 1.165) is 5.56 Å². The number of benzene rings is 1. The summed E-state index contributed by atoms with van der Waals surface area (Å²) in [6.07, 6.45) is 0.271. The highest BCUT2D eigenvalue weighted by atomic mass is 32.1. The van der Waals surface area contributed by atoms with E-state index < -0.39 is 0 Å². The first kappa shape index (κ1) is 13.8. The van der Waals surface area contributed by atoms with E-state index in [9.17, 15) is 9.59 Å². The first-order valence-corrected chi connectivity index (χ1v) is 7.72. The third-order valence-electron chi connectivity index (χ3n) is 3.69. The molecule has 108 valence electrons. The van der Waals surface area contributed by atoms with Crippen molar-refractivity contribution in [3.8, 4) is 0 Å². The minimum atomic E-state index is -0.224. The summed E-state index contributed by atoms with van der Waals surface area (Å²) in [5, 5.41) is 7.79. The summed E-state index contributed by atoms with van der Waals surface area (Å²) in [7, 11) is 0. The summed E-state index contributed by atoms with van der Waals surface area (Å²) in [5.41, 5.74) is 2.77. The lowest BCUT2D eigenvalue weighted by Gasteiger charge is -2.11. The van der Waals surface area contributed by atoms with Gasteiger partial charge in [-0.05, 0) is 35.6 Å². The van der Waals surface area contributed by atoms with E-state index in [2.05, 4.69) is 10.6 Å². The molecule has 0 spiro atoms. The van der Waals surface area contributed by atoms with Crippen LogP contribution in [-0.4, -0.2) is 11.8 Å². The smallest absolute Gasteiger partial charge is 0.252 e. The number of amides is 2. The number of carbonyl (C=O) groups excluding carboxylic acids is 2. The molecule has 1 aliphatic rings. The van der Waals surface area contributed by atoms with E-state index in [0.29, 0.717) is 12.1 Å². The van der Waals surface area contributed by atoms with Gasteiger partial charge in [0.25, 0.3) is 5.91 Å². The first-order valence-electron chi connectivity index (χ1n) is 6.84. The topological polar surface area (TPSA) is 58.2 Å². The second-order valence-corrected chi connectivity index (χ2v) is 6.12. The van der Waals surface area contributed by atoms with Crippen molar-refractivity contribution < 1.29 is 9.59 Å². The number of rotatable bonds is 4. The number of fused-ring (bicyclic) bond motifs is 1. The fourth-order valence-electron chi connectivity index (χ4n) is 2.50. The lowest BCUT2D eigenvalue weighted by atomic mass is 10.0. The van der Waals surface area contributed by atoms with Gasteiger partial charge in [0, 0.05) is 10.4 Å². The highest BCUT2D eigenvalue weighted by molar-refractivity contribution is 7.10. The number of aryl methyl sites for hydroxylation is 1. The van der Waals surface area contributed by atoms with Crippen LogP contribution in [0.2, 0.25) is 0 Å². The molecule has 5 heteroatoms. The minimum Gasteiger partial charge on any atom is -0.351 e. The molecule has 1 aliphatic heterocycles. The first-order chi connectivity index (χ1) is 10.1. The normalized spacial score (nSPS) is 16.4. The van der Waals surface area contributed by atoms with Crippen LogP contribution in [0.25, 0.3) is 0 Å². The molecule has 1 aromatic heterocycles. The van der Waals surface area contributed by atoms with Gasteiger partial charge in [-0.1, -0.05) is 18.2 Å². The molecule has 2 heterocycles. The van der Waals surface area contributed by atoms with Crippen molar-refractivity contribution in [3.05, 3.63) is 57.3 Å². The van der Waals surface area contributed by atoms with Crippen LogP contribution in [0, 0.1) is 6.92 Å². The van der Waals surface area contributed by atoms with Crippen molar-refractivity contribution in [3.63, 3.8) is 0 Å². The van der Waals surface area contributed by atoms with Crippen LogP contribution in [0.1, 0.15) is 38.8 Å². The fraction of sp³-hybridized carbons (Fsp3) is 0.250. The number of thiophene rings is 1. The third kappa shape index (κ3) is 2.83. The molecule has 2 N–H and O–H groups in total. The maximum absolute atomic E-state index is 12.1. The minimum absolute atomic E-state index is 0.0511. The van der Waals surface area contributed by atoms with E-state index >= 15 is 0 Å². The van der Waals surface area contributed by atoms with Gasteiger partial charge in [-0.25, -0.2) is 0 Å². The number of carbonyl (C=O) groups is 2. The molecule has 1 aromatic carbocycles. The summed E-state index contributed by atoms with van der Waals surface area (Å²) in [6, 6.07) is 9.23. The van der Waals surface area contributed by atoms with Crippen LogP contribution in [0.15, 0.2) is 35.7 Å². The molecular weight excluding hydrogens is 284 g/mol. The molecule has 0 saturated carbocycles. The Morgan fingerprint density at radius 3 is 2.90 bits per heavy atom. The predicted octanol–water partition coefficient (Wildman–Crippen LogP) is 2.55. The molecule has 0 aliphatic carbocycles. The number of hydrogen-bond acceptors (Lipinski definition) is 3. The van der Waals surface area contributed by atoms with Crippen molar-refractivity contribution in [2.24, 2.45) is 0 Å². The molecule has 4 nitrogen and oxygen atoms in total. The monoisotopic (exact) mass is 300 g/mol. The molecule has 21 heavy (non-hydrogen) atoms. The summed E-state index contributed by atoms with van der Waals surface area (Å²) in [6.45, 7) is 2.58. The highest BCUT2D eigenvalue weighted by Gasteiger charge is 2.29. The van der Waals surface area contributed by atoms with Crippen molar-refractivity contribution in [1.82, 2.24) is 10.6 Å². The van der Waals surface area contributed by atoms with Crippen LogP contribution in [0.5, 0.6) is 0 Å². The van der Waals surface area contributed by atoms with Gasteiger partial charge >= 0.3 is 0 Å². The van der Waals surface area contributed by atoms with Crippen LogP contribution < -0.4 is 10.6 Å². The van der Waals surface area contributed by atoms with Gasteiger partial charge in [0.05, 0.1) is 19.0 Å². The molecule has 3 rings (SSSR count). The summed E-state index contributed by atoms with van der Waals surface area (Å²) < 4.78 is 0. The summed E-state index contributed by atoms with van der Waals surface area (Å²) in [4.78, 5) is 25.0. The molecule has 1 unspecified atom stereocenters. The van der Waals surface area contributed by atoms with Gasteiger partial charge in [-0.2, -0.15) is 0 Å². The van der Waals surface area contributed by atoms with Gasteiger partial charge in [0.15, 0.2) is 0 Å². The van der Waals surface area contributed by atoms with Crippen molar-refractivity contribution in [2.75, 3.05) is 0 Å². The van der Waals surface area contributed by atoms with Gasteiger partial charge in [0.1, 0.15) is 0 Å². The van der Waals surface area contributed by atoms with Crippen molar-refractivity contribution in [1.29, 1.82) is 0 Å². The van der Waals surface area contributed by atoms with Crippen molar-refractivity contribution >= 4 is 23.2 Å². The molecule has 0 bridgehead atoms. The second kappa shape index (κ2) is 5.69. The predicted molar refractivity (Wildman–Crippen MR) is 82.2 cm³/mol. The summed E-state index contributed by atoms with van der Waals surface area (Å²) >= 11 is 1.64. The van der Waals surface area contributed by atoms with E-state index in [1.807, 2.05) is 36.6 Å². The molecule has 0 fully saturated rings. The Morgan fingerprint density at radius 2 is 2.14 bits per heavy atom. The van der Waals surface area contributed by atoms with Crippen LogP contribution in [0.3, 0.4) is 0 Å².